The van der Waals surface area contributed by atoms with E-state index in [0.717, 1.165) is 23.8 Å². The molecule has 0 aliphatic heterocycles. The summed E-state index contributed by atoms with van der Waals surface area (Å²) in [6.45, 7) is 3.28. The van der Waals surface area contributed by atoms with Crippen molar-refractivity contribution in [3.63, 3.8) is 0 Å². The van der Waals surface area contributed by atoms with Crippen molar-refractivity contribution in [2.24, 2.45) is 0 Å². The number of pyridine rings is 1. The molecule has 0 aliphatic carbocycles. The van der Waals surface area contributed by atoms with Crippen molar-refractivity contribution in [3.8, 4) is 11.8 Å². The van der Waals surface area contributed by atoms with Gasteiger partial charge in [0.2, 0.25) is 0 Å². The average molecular weight is 253 g/mol. The molecular weight excluding hydrogens is 238 g/mol. The molecule has 0 fully saturated rings. The number of rotatable bonds is 5. The number of benzene rings is 1. The van der Waals surface area contributed by atoms with Gasteiger partial charge in [-0.2, -0.15) is 5.26 Å². The smallest absolute Gasteiger partial charge is 0.130 e. The van der Waals surface area contributed by atoms with Gasteiger partial charge in [0.1, 0.15) is 18.2 Å². The van der Waals surface area contributed by atoms with Gasteiger partial charge in [0.25, 0.3) is 0 Å². The first-order chi connectivity index (χ1) is 9.31. The Labute approximate surface area is 112 Å². The summed E-state index contributed by atoms with van der Waals surface area (Å²) in [7, 11) is 0. The number of ether oxygens (including phenoxy) is 1. The summed E-state index contributed by atoms with van der Waals surface area (Å²) in [5.74, 6) is 1.58. The highest BCUT2D eigenvalue weighted by atomic mass is 16.5. The van der Waals surface area contributed by atoms with Crippen LogP contribution in [0, 0.1) is 11.3 Å². The molecule has 1 heterocycles. The monoisotopic (exact) mass is 253 g/mol. The molecule has 96 valence electrons. The number of anilines is 1. The molecule has 2 aromatic rings. The van der Waals surface area contributed by atoms with Crippen molar-refractivity contribution in [2.75, 3.05) is 11.9 Å². The third-order valence-electron chi connectivity index (χ3n) is 2.53. The van der Waals surface area contributed by atoms with Crippen LogP contribution in [0.2, 0.25) is 0 Å². The molecule has 2 rings (SSSR count). The fourth-order valence-corrected chi connectivity index (χ4v) is 1.62. The van der Waals surface area contributed by atoms with E-state index in [1.54, 1.807) is 24.3 Å². The van der Waals surface area contributed by atoms with Gasteiger partial charge in [-0.25, -0.2) is 4.98 Å². The van der Waals surface area contributed by atoms with Crippen LogP contribution in [-0.2, 0) is 6.61 Å². The normalized spacial score (nSPS) is 9.68. The van der Waals surface area contributed by atoms with E-state index in [1.165, 1.54) is 0 Å². The summed E-state index contributed by atoms with van der Waals surface area (Å²) in [4.78, 5) is 4.42. The predicted molar refractivity (Wildman–Crippen MR) is 73.9 cm³/mol. The molecule has 4 heteroatoms. The highest BCUT2D eigenvalue weighted by Crippen LogP contribution is 2.14. The maximum absolute atomic E-state index is 8.71. The molecule has 4 nitrogen and oxygen atoms in total. The number of aromatic nitrogens is 1. The Balaban J connectivity index is 1.97. The molecule has 0 radical (unpaired) electrons. The minimum atomic E-state index is 0.408. The topological polar surface area (TPSA) is 57.9 Å². The number of nitriles is 1. The van der Waals surface area contributed by atoms with Crippen LogP contribution in [-0.4, -0.2) is 11.5 Å². The number of nitrogens with zero attached hydrogens (tertiary/aromatic N) is 2. The Hall–Kier alpha value is -2.54. The number of nitrogens with one attached hydrogen (secondary N) is 1. The molecular formula is C15H15N3O. The first kappa shape index (κ1) is 12.9. The van der Waals surface area contributed by atoms with E-state index in [9.17, 15) is 0 Å². The third-order valence-corrected chi connectivity index (χ3v) is 2.53. The quantitative estimate of drug-likeness (QED) is 0.890. The minimum Gasteiger partial charge on any atom is -0.487 e. The average Bonchev–Trinajstić information content (AvgIpc) is 2.46. The maximum atomic E-state index is 8.71. The maximum Gasteiger partial charge on any atom is 0.130 e. The van der Waals surface area contributed by atoms with Crippen LogP contribution in [0.25, 0.3) is 0 Å². The molecule has 1 aromatic heterocycles. The van der Waals surface area contributed by atoms with Crippen LogP contribution in [0.3, 0.4) is 0 Å². The van der Waals surface area contributed by atoms with Gasteiger partial charge in [-0.3, -0.25) is 0 Å². The summed E-state index contributed by atoms with van der Waals surface area (Å²) in [5.41, 5.74) is 1.49. The zero-order valence-corrected chi connectivity index (χ0v) is 10.8. The van der Waals surface area contributed by atoms with Crippen LogP contribution in [0.15, 0.2) is 42.5 Å². The summed E-state index contributed by atoms with van der Waals surface area (Å²) < 4.78 is 5.62. The van der Waals surface area contributed by atoms with E-state index in [1.807, 2.05) is 25.1 Å². The summed E-state index contributed by atoms with van der Waals surface area (Å²) in [6.07, 6.45) is 0. The molecule has 0 spiro atoms. The minimum absolute atomic E-state index is 0.408. The second-order valence-corrected chi connectivity index (χ2v) is 3.97. The van der Waals surface area contributed by atoms with Crippen LogP contribution in [0.1, 0.15) is 18.2 Å². The van der Waals surface area contributed by atoms with E-state index in [-0.39, 0.29) is 0 Å². The van der Waals surface area contributed by atoms with E-state index in [2.05, 4.69) is 16.4 Å². The summed E-state index contributed by atoms with van der Waals surface area (Å²) >= 11 is 0. The predicted octanol–water partition coefficient (Wildman–Crippen LogP) is 2.96. The molecule has 0 unspecified atom stereocenters. The number of hydrogen-bond acceptors (Lipinski definition) is 4. The largest absolute Gasteiger partial charge is 0.487 e. The van der Waals surface area contributed by atoms with E-state index >= 15 is 0 Å². The fourth-order valence-electron chi connectivity index (χ4n) is 1.62. The Kier molecular flexibility index (Phi) is 4.35. The first-order valence-corrected chi connectivity index (χ1v) is 6.14. The van der Waals surface area contributed by atoms with Crippen LogP contribution in [0.4, 0.5) is 5.82 Å². The van der Waals surface area contributed by atoms with Gasteiger partial charge in [0, 0.05) is 6.54 Å². The van der Waals surface area contributed by atoms with Crippen LogP contribution in [0.5, 0.6) is 5.75 Å². The van der Waals surface area contributed by atoms with Gasteiger partial charge in [-0.05, 0) is 43.3 Å². The van der Waals surface area contributed by atoms with Crippen molar-refractivity contribution in [1.29, 1.82) is 5.26 Å². The molecule has 0 amide bonds. The second-order valence-electron chi connectivity index (χ2n) is 3.97. The van der Waals surface area contributed by atoms with E-state index in [0.29, 0.717) is 12.2 Å². The molecule has 0 aliphatic rings. The van der Waals surface area contributed by atoms with Crippen molar-refractivity contribution >= 4 is 5.82 Å². The van der Waals surface area contributed by atoms with Gasteiger partial charge in [0.15, 0.2) is 0 Å². The Morgan fingerprint density at radius 1 is 1.21 bits per heavy atom. The molecule has 0 atom stereocenters. The zero-order chi connectivity index (χ0) is 13.5. The van der Waals surface area contributed by atoms with Gasteiger partial charge in [-0.15, -0.1) is 0 Å². The van der Waals surface area contributed by atoms with Crippen molar-refractivity contribution < 1.29 is 4.74 Å². The lowest BCUT2D eigenvalue weighted by molar-refractivity contribution is 0.301. The molecule has 0 saturated heterocycles. The lowest BCUT2D eigenvalue weighted by Crippen LogP contribution is -2.03. The SMILES string of the molecule is CCNc1cccc(COc2ccc(C#N)cc2)n1. The Morgan fingerprint density at radius 3 is 2.68 bits per heavy atom. The van der Waals surface area contributed by atoms with Gasteiger partial charge in [-0.1, -0.05) is 6.07 Å². The first-order valence-electron chi connectivity index (χ1n) is 6.14. The standard InChI is InChI=1S/C15H15N3O/c1-2-17-15-5-3-4-13(18-15)11-19-14-8-6-12(10-16)7-9-14/h3-9H,2,11H2,1H3,(H,17,18). The van der Waals surface area contributed by atoms with Gasteiger partial charge in [0.05, 0.1) is 17.3 Å². The van der Waals surface area contributed by atoms with Crippen molar-refractivity contribution in [3.05, 3.63) is 53.7 Å². The lowest BCUT2D eigenvalue weighted by atomic mass is 10.2. The molecule has 0 saturated carbocycles. The van der Waals surface area contributed by atoms with Gasteiger partial charge >= 0.3 is 0 Å². The Morgan fingerprint density at radius 2 is 2.00 bits per heavy atom. The van der Waals surface area contributed by atoms with E-state index < -0.39 is 0 Å². The van der Waals surface area contributed by atoms with E-state index in [4.69, 9.17) is 10.00 Å². The molecule has 0 bridgehead atoms. The van der Waals surface area contributed by atoms with Gasteiger partial charge < -0.3 is 10.1 Å². The lowest BCUT2D eigenvalue weighted by Gasteiger charge is -2.07. The molecule has 1 aromatic carbocycles. The fraction of sp³-hybridized carbons (Fsp3) is 0.200. The summed E-state index contributed by atoms with van der Waals surface area (Å²) in [5, 5.41) is 11.9. The second kappa shape index (κ2) is 6.41. The number of hydrogen-bond donors (Lipinski definition) is 1. The summed E-state index contributed by atoms with van der Waals surface area (Å²) in [6, 6.07) is 14.9. The Bertz CT molecular complexity index is 573. The highest BCUT2D eigenvalue weighted by Gasteiger charge is 1.99. The van der Waals surface area contributed by atoms with Crippen molar-refractivity contribution in [2.45, 2.75) is 13.5 Å². The molecule has 19 heavy (non-hydrogen) atoms. The van der Waals surface area contributed by atoms with Crippen LogP contribution >= 0.6 is 0 Å². The van der Waals surface area contributed by atoms with Crippen LogP contribution < -0.4 is 10.1 Å². The zero-order valence-electron chi connectivity index (χ0n) is 10.8. The molecule has 1 N–H and O–H groups in total. The highest BCUT2D eigenvalue weighted by molar-refractivity contribution is 5.36. The van der Waals surface area contributed by atoms with Crippen molar-refractivity contribution in [1.82, 2.24) is 4.98 Å². The third kappa shape index (κ3) is 3.71.